The van der Waals surface area contributed by atoms with Crippen molar-refractivity contribution in [1.29, 1.82) is 0 Å². The Morgan fingerprint density at radius 3 is 2.48 bits per heavy atom. The molecule has 1 aromatic heterocycles. The molecule has 0 atom stereocenters. The number of anilines is 1. The molecular formula is C23H26ClN5O3S. The van der Waals surface area contributed by atoms with Gasteiger partial charge in [-0.15, -0.1) is 10.2 Å². The summed E-state index contributed by atoms with van der Waals surface area (Å²) in [5.74, 6) is 1.01. The summed E-state index contributed by atoms with van der Waals surface area (Å²) < 4.78 is 7.41. The molecule has 3 aromatic rings. The number of nitrogens with zero attached hydrogens (tertiary/aromatic N) is 3. The molecule has 0 aliphatic heterocycles. The van der Waals surface area contributed by atoms with Crippen molar-refractivity contribution in [3.05, 3.63) is 63.9 Å². The summed E-state index contributed by atoms with van der Waals surface area (Å²) >= 11 is 7.35. The third-order valence-corrected chi connectivity index (χ3v) is 6.34. The fourth-order valence-electron chi connectivity index (χ4n) is 3.02. The molecule has 174 valence electrons. The summed E-state index contributed by atoms with van der Waals surface area (Å²) in [5, 5.41) is 15.0. The van der Waals surface area contributed by atoms with Gasteiger partial charge >= 0.3 is 0 Å². The number of thioether (sulfide) groups is 1. The molecule has 0 spiro atoms. The van der Waals surface area contributed by atoms with Gasteiger partial charge in [0.2, 0.25) is 5.91 Å². The van der Waals surface area contributed by atoms with E-state index in [0.29, 0.717) is 21.7 Å². The highest BCUT2D eigenvalue weighted by Gasteiger charge is 2.13. The molecule has 0 unspecified atom stereocenters. The van der Waals surface area contributed by atoms with Crippen LogP contribution in [0, 0.1) is 20.8 Å². The quantitative estimate of drug-likeness (QED) is 0.445. The maximum atomic E-state index is 12.2. The van der Waals surface area contributed by atoms with Crippen molar-refractivity contribution in [1.82, 2.24) is 20.1 Å². The number of carbonyl (C=O) groups excluding carboxylic acids is 2. The van der Waals surface area contributed by atoms with Crippen molar-refractivity contribution in [2.45, 2.75) is 32.5 Å². The minimum absolute atomic E-state index is 0.0889. The minimum Gasteiger partial charge on any atom is -0.483 e. The van der Waals surface area contributed by atoms with Gasteiger partial charge in [-0.3, -0.25) is 9.59 Å². The first-order valence-electron chi connectivity index (χ1n) is 10.3. The van der Waals surface area contributed by atoms with Crippen LogP contribution in [0.3, 0.4) is 0 Å². The molecule has 3 rings (SSSR count). The molecular weight excluding hydrogens is 462 g/mol. The number of para-hydroxylation sites is 1. The van der Waals surface area contributed by atoms with Gasteiger partial charge in [-0.25, -0.2) is 0 Å². The van der Waals surface area contributed by atoms with Crippen molar-refractivity contribution in [3.63, 3.8) is 0 Å². The van der Waals surface area contributed by atoms with Crippen molar-refractivity contribution < 1.29 is 14.3 Å². The van der Waals surface area contributed by atoms with Crippen LogP contribution in [-0.4, -0.2) is 38.9 Å². The average Bonchev–Trinajstić information content (AvgIpc) is 3.12. The fraction of sp³-hybridized carbons (Fsp3) is 0.304. The number of hydrogen-bond acceptors (Lipinski definition) is 6. The zero-order valence-corrected chi connectivity index (χ0v) is 20.5. The molecule has 0 aliphatic carbocycles. The molecule has 33 heavy (non-hydrogen) atoms. The van der Waals surface area contributed by atoms with Crippen molar-refractivity contribution >= 4 is 40.9 Å². The van der Waals surface area contributed by atoms with Gasteiger partial charge in [0, 0.05) is 17.8 Å². The lowest BCUT2D eigenvalue weighted by Crippen LogP contribution is -2.29. The summed E-state index contributed by atoms with van der Waals surface area (Å²) in [7, 11) is 1.79. The lowest BCUT2D eigenvalue weighted by atomic mass is 10.1. The van der Waals surface area contributed by atoms with E-state index in [9.17, 15) is 9.59 Å². The fourth-order valence-corrected chi connectivity index (χ4v) is 3.93. The van der Waals surface area contributed by atoms with Crippen molar-refractivity contribution in [2.24, 2.45) is 7.05 Å². The van der Waals surface area contributed by atoms with Crippen LogP contribution in [0.1, 0.15) is 22.5 Å². The van der Waals surface area contributed by atoms with Gasteiger partial charge in [0.25, 0.3) is 5.91 Å². The second-order valence-corrected chi connectivity index (χ2v) is 8.89. The summed E-state index contributed by atoms with van der Waals surface area (Å²) in [6.45, 7) is 5.89. The number of carbonyl (C=O) groups is 2. The van der Waals surface area contributed by atoms with E-state index in [4.69, 9.17) is 16.3 Å². The van der Waals surface area contributed by atoms with Crippen LogP contribution in [0.2, 0.25) is 5.02 Å². The Kier molecular flexibility index (Phi) is 8.35. The topological polar surface area (TPSA) is 98.1 Å². The number of nitrogens with one attached hydrogen (secondary N) is 2. The van der Waals surface area contributed by atoms with Crippen LogP contribution in [0.4, 0.5) is 5.69 Å². The molecule has 0 radical (unpaired) electrons. The molecule has 1 heterocycles. The highest BCUT2D eigenvalue weighted by molar-refractivity contribution is 7.99. The Morgan fingerprint density at radius 1 is 1.06 bits per heavy atom. The smallest absolute Gasteiger partial charge is 0.258 e. The Hall–Kier alpha value is -3.04. The van der Waals surface area contributed by atoms with Crippen LogP contribution in [-0.2, 0) is 23.2 Å². The largest absolute Gasteiger partial charge is 0.483 e. The van der Waals surface area contributed by atoms with Gasteiger partial charge in [-0.05, 0) is 49.6 Å². The highest BCUT2D eigenvalue weighted by atomic mass is 35.5. The van der Waals surface area contributed by atoms with Crippen LogP contribution >= 0.6 is 23.4 Å². The third kappa shape index (κ3) is 6.72. The number of ether oxygens (including phenoxy) is 1. The van der Waals surface area contributed by atoms with Crippen LogP contribution in [0.15, 0.2) is 41.6 Å². The lowest BCUT2D eigenvalue weighted by molar-refractivity contribution is -0.123. The van der Waals surface area contributed by atoms with Gasteiger partial charge in [-0.2, -0.15) is 0 Å². The van der Waals surface area contributed by atoms with E-state index in [2.05, 4.69) is 20.8 Å². The van der Waals surface area contributed by atoms with Gasteiger partial charge in [-0.1, -0.05) is 47.6 Å². The molecule has 0 aliphatic rings. The Morgan fingerprint density at radius 2 is 1.79 bits per heavy atom. The number of halogens is 1. The number of rotatable bonds is 9. The van der Waals surface area contributed by atoms with Crippen LogP contribution in [0.25, 0.3) is 0 Å². The van der Waals surface area contributed by atoms with E-state index in [0.717, 1.165) is 22.4 Å². The normalized spacial score (nSPS) is 10.7. The van der Waals surface area contributed by atoms with Crippen molar-refractivity contribution in [2.75, 3.05) is 17.7 Å². The molecule has 0 bridgehead atoms. The molecule has 2 aromatic carbocycles. The van der Waals surface area contributed by atoms with Gasteiger partial charge < -0.3 is 19.9 Å². The second-order valence-electron chi connectivity index (χ2n) is 7.54. The average molecular weight is 488 g/mol. The monoisotopic (exact) mass is 487 g/mol. The van der Waals surface area contributed by atoms with Crippen LogP contribution in [0.5, 0.6) is 5.75 Å². The standard InChI is InChI=1S/C23H26ClN5O3S/c1-14-8-9-17(10-18(14)24)26-21(31)13-33-23-28-27-19(29(23)4)11-25-20(30)12-32-22-15(2)6-5-7-16(22)3/h5-10H,11-13H2,1-4H3,(H,25,30)(H,26,31). The maximum absolute atomic E-state index is 12.2. The second kappa shape index (κ2) is 11.2. The van der Waals surface area contributed by atoms with Crippen molar-refractivity contribution in [3.8, 4) is 5.75 Å². The van der Waals surface area contributed by atoms with E-state index in [1.54, 1.807) is 23.7 Å². The zero-order valence-electron chi connectivity index (χ0n) is 18.9. The molecule has 0 saturated heterocycles. The predicted molar refractivity (Wildman–Crippen MR) is 130 cm³/mol. The summed E-state index contributed by atoms with van der Waals surface area (Å²) in [4.78, 5) is 24.5. The lowest BCUT2D eigenvalue weighted by Gasteiger charge is -2.12. The van der Waals surface area contributed by atoms with E-state index in [1.807, 2.05) is 45.0 Å². The SMILES string of the molecule is Cc1ccc(NC(=O)CSc2nnc(CNC(=O)COc3c(C)cccc3C)n2C)cc1Cl. The first kappa shape index (κ1) is 24.6. The predicted octanol–water partition coefficient (Wildman–Crippen LogP) is 3.82. The van der Waals surface area contributed by atoms with E-state index in [1.165, 1.54) is 11.8 Å². The number of aryl methyl sites for hydroxylation is 3. The van der Waals surface area contributed by atoms with E-state index >= 15 is 0 Å². The highest BCUT2D eigenvalue weighted by Crippen LogP contribution is 2.22. The molecule has 0 fully saturated rings. The van der Waals surface area contributed by atoms with E-state index in [-0.39, 0.29) is 30.7 Å². The minimum atomic E-state index is -0.258. The number of amides is 2. The van der Waals surface area contributed by atoms with Gasteiger partial charge in [0.05, 0.1) is 12.3 Å². The molecule has 0 saturated carbocycles. The Labute approximate surface area is 202 Å². The van der Waals surface area contributed by atoms with Gasteiger partial charge in [0.15, 0.2) is 17.6 Å². The first-order valence-corrected chi connectivity index (χ1v) is 11.6. The molecule has 10 heteroatoms. The molecule has 2 N–H and O–H groups in total. The molecule has 8 nitrogen and oxygen atoms in total. The molecule has 2 amide bonds. The zero-order chi connectivity index (χ0) is 24.0. The summed E-state index contributed by atoms with van der Waals surface area (Å²) in [6, 6.07) is 11.2. The number of aromatic nitrogens is 3. The number of hydrogen-bond donors (Lipinski definition) is 2. The Balaban J connectivity index is 1.46. The summed E-state index contributed by atoms with van der Waals surface area (Å²) in [6.07, 6.45) is 0. The summed E-state index contributed by atoms with van der Waals surface area (Å²) in [5.41, 5.74) is 3.54. The van der Waals surface area contributed by atoms with Gasteiger partial charge in [0.1, 0.15) is 5.75 Å². The maximum Gasteiger partial charge on any atom is 0.258 e. The third-order valence-electron chi connectivity index (χ3n) is 4.91. The van der Waals surface area contributed by atoms with E-state index < -0.39 is 0 Å². The first-order chi connectivity index (χ1) is 15.7. The Bertz CT molecular complexity index is 1140. The van der Waals surface area contributed by atoms with Crippen LogP contribution < -0.4 is 15.4 Å². The number of benzene rings is 2.